The van der Waals surface area contributed by atoms with Crippen LogP contribution in [0.2, 0.25) is 0 Å². The Hall–Kier alpha value is -0.860. The average molecular weight is 205 g/mol. The van der Waals surface area contributed by atoms with Gasteiger partial charge in [0.2, 0.25) is 0 Å². The molecule has 2 rings (SSSR count). The molecule has 0 saturated carbocycles. The number of hydrogen-bond donors (Lipinski definition) is 1. The van der Waals surface area contributed by atoms with Crippen molar-refractivity contribution in [1.29, 1.82) is 0 Å². The fraction of sp³-hybridized carbons (Fsp3) is 0.538. The molecule has 0 spiro atoms. The zero-order valence-corrected chi connectivity index (χ0v) is 9.26. The Kier molecular flexibility index (Phi) is 3.39. The van der Waals surface area contributed by atoms with Crippen LogP contribution in [0.5, 0.6) is 0 Å². The lowest BCUT2D eigenvalue weighted by Gasteiger charge is -2.20. The number of benzene rings is 1. The summed E-state index contributed by atoms with van der Waals surface area (Å²) in [7, 11) is 0. The van der Waals surface area contributed by atoms with E-state index in [1.807, 2.05) is 0 Å². The van der Waals surface area contributed by atoms with Crippen molar-refractivity contribution in [2.24, 2.45) is 0 Å². The zero-order valence-electron chi connectivity index (χ0n) is 9.26. The Morgan fingerprint density at radius 3 is 2.73 bits per heavy atom. The summed E-state index contributed by atoms with van der Waals surface area (Å²) >= 11 is 0. The lowest BCUT2D eigenvalue weighted by atomic mass is 10.0. The number of hydrogen-bond acceptors (Lipinski definition) is 2. The van der Waals surface area contributed by atoms with Crippen LogP contribution in [0.15, 0.2) is 30.3 Å². The van der Waals surface area contributed by atoms with E-state index >= 15 is 0 Å². The molecule has 1 heterocycles. The van der Waals surface area contributed by atoms with Crippen LogP contribution in [0.25, 0.3) is 0 Å². The van der Waals surface area contributed by atoms with Gasteiger partial charge in [-0.05, 0) is 17.9 Å². The quantitative estimate of drug-likeness (QED) is 0.814. The average Bonchev–Trinajstić information content (AvgIpc) is 2.65. The summed E-state index contributed by atoms with van der Waals surface area (Å²) in [4.78, 5) is 2.35. The van der Waals surface area contributed by atoms with Crippen molar-refractivity contribution in [2.75, 3.05) is 19.6 Å². The third kappa shape index (κ3) is 2.80. The maximum atomic E-state index is 9.44. The van der Waals surface area contributed by atoms with Crippen molar-refractivity contribution in [3.8, 4) is 0 Å². The van der Waals surface area contributed by atoms with E-state index in [9.17, 15) is 5.11 Å². The molecule has 2 nitrogen and oxygen atoms in total. The van der Waals surface area contributed by atoms with E-state index in [0.29, 0.717) is 5.92 Å². The molecule has 2 heteroatoms. The molecule has 1 aliphatic rings. The molecule has 1 aliphatic heterocycles. The van der Waals surface area contributed by atoms with Crippen molar-refractivity contribution in [2.45, 2.75) is 25.4 Å². The molecule has 1 saturated heterocycles. The normalized spacial score (nSPS) is 24.3. The molecule has 1 fully saturated rings. The molecule has 0 aliphatic carbocycles. The molecule has 82 valence electrons. The fourth-order valence-electron chi connectivity index (χ4n) is 2.25. The van der Waals surface area contributed by atoms with Crippen LogP contribution in [-0.4, -0.2) is 35.7 Å². The van der Waals surface area contributed by atoms with E-state index in [1.54, 1.807) is 0 Å². The molecule has 0 radical (unpaired) electrons. The van der Waals surface area contributed by atoms with E-state index in [-0.39, 0.29) is 6.10 Å². The SMILES string of the molecule is CC(CN1CCC(O)C1)c1ccccc1. The van der Waals surface area contributed by atoms with Crippen molar-refractivity contribution in [3.63, 3.8) is 0 Å². The van der Waals surface area contributed by atoms with E-state index in [4.69, 9.17) is 0 Å². The minimum absolute atomic E-state index is 0.104. The van der Waals surface area contributed by atoms with Gasteiger partial charge in [0.15, 0.2) is 0 Å². The van der Waals surface area contributed by atoms with Gasteiger partial charge in [0.1, 0.15) is 0 Å². The Morgan fingerprint density at radius 2 is 2.13 bits per heavy atom. The predicted molar refractivity (Wildman–Crippen MR) is 61.9 cm³/mol. The van der Waals surface area contributed by atoms with E-state index < -0.39 is 0 Å². The lowest BCUT2D eigenvalue weighted by Crippen LogP contribution is -2.26. The van der Waals surface area contributed by atoms with Gasteiger partial charge in [-0.15, -0.1) is 0 Å². The summed E-state index contributed by atoms with van der Waals surface area (Å²) in [5.74, 6) is 0.552. The summed E-state index contributed by atoms with van der Waals surface area (Å²) < 4.78 is 0. The largest absolute Gasteiger partial charge is 0.392 e. The van der Waals surface area contributed by atoms with Crippen LogP contribution in [0.3, 0.4) is 0 Å². The number of aliphatic hydroxyl groups excluding tert-OH is 1. The van der Waals surface area contributed by atoms with Crippen LogP contribution >= 0.6 is 0 Å². The Bertz CT molecular complexity index is 299. The van der Waals surface area contributed by atoms with Gasteiger partial charge >= 0.3 is 0 Å². The second-order valence-electron chi connectivity index (χ2n) is 4.51. The molecule has 0 bridgehead atoms. The smallest absolute Gasteiger partial charge is 0.0679 e. The minimum Gasteiger partial charge on any atom is -0.392 e. The van der Waals surface area contributed by atoms with Crippen molar-refractivity contribution in [3.05, 3.63) is 35.9 Å². The first-order valence-corrected chi connectivity index (χ1v) is 5.71. The summed E-state index contributed by atoms with van der Waals surface area (Å²) in [5.41, 5.74) is 1.39. The van der Waals surface area contributed by atoms with Crippen LogP contribution in [0, 0.1) is 0 Å². The van der Waals surface area contributed by atoms with Crippen LogP contribution in [0.1, 0.15) is 24.8 Å². The third-order valence-corrected chi connectivity index (χ3v) is 3.15. The molecular weight excluding hydrogens is 186 g/mol. The summed E-state index contributed by atoms with van der Waals surface area (Å²) in [5, 5.41) is 9.44. The number of likely N-dealkylation sites (tertiary alicyclic amines) is 1. The zero-order chi connectivity index (χ0) is 10.7. The summed E-state index contributed by atoms with van der Waals surface area (Å²) in [6, 6.07) is 10.6. The minimum atomic E-state index is -0.104. The highest BCUT2D eigenvalue weighted by Gasteiger charge is 2.21. The number of nitrogens with zero attached hydrogens (tertiary/aromatic N) is 1. The Labute approximate surface area is 91.5 Å². The van der Waals surface area contributed by atoms with Gasteiger partial charge in [0, 0.05) is 19.6 Å². The van der Waals surface area contributed by atoms with Crippen LogP contribution in [-0.2, 0) is 0 Å². The van der Waals surface area contributed by atoms with Crippen molar-refractivity contribution >= 4 is 0 Å². The first-order chi connectivity index (χ1) is 7.25. The molecule has 0 amide bonds. The maximum absolute atomic E-state index is 9.44. The number of β-amino-alcohol motifs (C(OH)–C–C–N with tert-alkyl or cyclic N) is 1. The second kappa shape index (κ2) is 4.77. The van der Waals surface area contributed by atoms with E-state index in [2.05, 4.69) is 42.2 Å². The first kappa shape index (κ1) is 10.7. The fourth-order valence-corrected chi connectivity index (χ4v) is 2.25. The van der Waals surface area contributed by atoms with Gasteiger partial charge in [-0.1, -0.05) is 37.3 Å². The highest BCUT2D eigenvalue weighted by Crippen LogP contribution is 2.18. The van der Waals surface area contributed by atoms with E-state index in [1.165, 1.54) is 5.56 Å². The monoisotopic (exact) mass is 205 g/mol. The van der Waals surface area contributed by atoms with Crippen LogP contribution < -0.4 is 0 Å². The van der Waals surface area contributed by atoms with Crippen molar-refractivity contribution < 1.29 is 5.11 Å². The molecule has 15 heavy (non-hydrogen) atoms. The second-order valence-corrected chi connectivity index (χ2v) is 4.51. The highest BCUT2D eigenvalue weighted by atomic mass is 16.3. The maximum Gasteiger partial charge on any atom is 0.0679 e. The highest BCUT2D eigenvalue weighted by molar-refractivity contribution is 5.19. The molecule has 0 aromatic heterocycles. The lowest BCUT2D eigenvalue weighted by molar-refractivity contribution is 0.175. The van der Waals surface area contributed by atoms with Crippen LogP contribution in [0.4, 0.5) is 0 Å². The van der Waals surface area contributed by atoms with Gasteiger partial charge in [-0.3, -0.25) is 0 Å². The van der Waals surface area contributed by atoms with Gasteiger partial charge in [-0.2, -0.15) is 0 Å². The van der Waals surface area contributed by atoms with Gasteiger partial charge in [-0.25, -0.2) is 0 Å². The molecule has 1 aromatic carbocycles. The van der Waals surface area contributed by atoms with Gasteiger partial charge in [0.25, 0.3) is 0 Å². The third-order valence-electron chi connectivity index (χ3n) is 3.15. The number of rotatable bonds is 3. The molecule has 2 unspecified atom stereocenters. The molecule has 1 aromatic rings. The molecular formula is C13H19NO. The topological polar surface area (TPSA) is 23.5 Å². The summed E-state index contributed by atoms with van der Waals surface area (Å²) in [6.07, 6.45) is 0.828. The standard InChI is InChI=1S/C13H19NO/c1-11(12-5-3-2-4-6-12)9-14-8-7-13(15)10-14/h2-6,11,13,15H,7-10H2,1H3. The van der Waals surface area contributed by atoms with Crippen molar-refractivity contribution in [1.82, 2.24) is 4.90 Å². The molecule has 2 atom stereocenters. The van der Waals surface area contributed by atoms with E-state index in [0.717, 1.165) is 26.1 Å². The first-order valence-electron chi connectivity index (χ1n) is 5.71. The summed E-state index contributed by atoms with van der Waals surface area (Å²) in [6.45, 7) is 5.19. The number of aliphatic hydroxyl groups is 1. The van der Waals surface area contributed by atoms with Gasteiger partial charge < -0.3 is 10.0 Å². The Balaban J connectivity index is 1.90. The molecule has 1 N–H and O–H groups in total. The van der Waals surface area contributed by atoms with Gasteiger partial charge in [0.05, 0.1) is 6.10 Å². The predicted octanol–water partition coefficient (Wildman–Crippen LogP) is 1.86. The Morgan fingerprint density at radius 1 is 1.40 bits per heavy atom.